The highest BCUT2D eigenvalue weighted by Crippen LogP contribution is 2.41. The summed E-state index contributed by atoms with van der Waals surface area (Å²) in [6.45, 7) is 5.56. The third-order valence-corrected chi connectivity index (χ3v) is 15.8. The number of nitrogens with zero attached hydrogens (tertiary/aromatic N) is 9. The van der Waals surface area contributed by atoms with Crippen molar-refractivity contribution < 1.29 is 14.4 Å². The van der Waals surface area contributed by atoms with E-state index in [0.29, 0.717) is 44.0 Å². The first-order chi connectivity index (χ1) is 36.3. The Morgan fingerprint density at radius 3 is 1.13 bits per heavy atom. The molecule has 9 heterocycles. The molecular formula is C51H55BrCl3N15O6. The van der Waals surface area contributed by atoms with Crippen molar-refractivity contribution in [2.45, 2.75) is 134 Å². The number of anilines is 5. The first-order valence-corrected chi connectivity index (χ1v) is 26.9. The van der Waals surface area contributed by atoms with Crippen LogP contribution in [0.15, 0.2) is 74.2 Å². The smallest absolute Gasteiger partial charge is 0.276 e. The predicted molar refractivity (Wildman–Crippen MR) is 292 cm³/mol. The van der Waals surface area contributed by atoms with Gasteiger partial charge in [0.25, 0.3) is 34.4 Å². The molecule has 3 fully saturated rings. The van der Waals surface area contributed by atoms with Crippen LogP contribution in [0.4, 0.5) is 28.8 Å². The highest BCUT2D eigenvalue weighted by atomic mass is 79.9. The number of carbonyl (C=O) groups excluding carboxylic acids is 3. The molecule has 0 atom stereocenters. The lowest BCUT2D eigenvalue weighted by atomic mass is 9.89. The largest absolute Gasteiger partial charge is 0.384 e. The van der Waals surface area contributed by atoms with Crippen LogP contribution in [0.25, 0.3) is 0 Å². The summed E-state index contributed by atoms with van der Waals surface area (Å²) in [7, 11) is 0. The molecule has 3 aliphatic heterocycles. The second kappa shape index (κ2) is 22.1. The number of aromatic nitrogens is 9. The lowest BCUT2D eigenvalue weighted by Gasteiger charge is -2.35. The molecule has 12 rings (SSSR count). The van der Waals surface area contributed by atoms with Crippen LogP contribution < -0.4 is 49.0 Å². The summed E-state index contributed by atoms with van der Waals surface area (Å²) in [4.78, 5) is 99.3. The van der Waals surface area contributed by atoms with E-state index in [4.69, 9.17) is 40.5 Å². The van der Waals surface area contributed by atoms with Crippen molar-refractivity contribution >= 4 is 97.3 Å². The Morgan fingerprint density at radius 1 is 0.474 bits per heavy atom. The number of nitrogens with one attached hydrogen (secondary N) is 5. The third-order valence-electron chi connectivity index (χ3n) is 14.4. The van der Waals surface area contributed by atoms with E-state index in [0.717, 1.165) is 113 Å². The van der Waals surface area contributed by atoms with E-state index in [1.807, 2.05) is 20.8 Å². The van der Waals surface area contributed by atoms with E-state index in [9.17, 15) is 28.8 Å². The van der Waals surface area contributed by atoms with Crippen molar-refractivity contribution in [3.63, 3.8) is 0 Å². The Kier molecular flexibility index (Phi) is 15.7. The van der Waals surface area contributed by atoms with E-state index in [2.05, 4.69) is 72.4 Å². The maximum Gasteiger partial charge on any atom is 0.276 e. The van der Waals surface area contributed by atoms with Crippen LogP contribution in [-0.2, 0) is 17.0 Å². The van der Waals surface area contributed by atoms with Gasteiger partial charge in [0.2, 0.25) is 0 Å². The summed E-state index contributed by atoms with van der Waals surface area (Å²) in [5, 5.41) is 15.8. The van der Waals surface area contributed by atoms with Gasteiger partial charge in [-0.05, 0) is 132 Å². The highest BCUT2D eigenvalue weighted by molar-refractivity contribution is 9.10. The molecule has 76 heavy (non-hydrogen) atoms. The van der Waals surface area contributed by atoms with Gasteiger partial charge in [-0.3, -0.25) is 42.5 Å². The minimum atomic E-state index is -0.662. The molecule has 398 valence electrons. The normalized spacial score (nSPS) is 17.8. The van der Waals surface area contributed by atoms with Gasteiger partial charge >= 0.3 is 0 Å². The number of carbonyl (C=O) groups is 3. The lowest BCUT2D eigenvalue weighted by Crippen LogP contribution is -2.48. The lowest BCUT2D eigenvalue weighted by molar-refractivity contribution is 0.0867. The SMILES string of the molecule is Cc1cc(N)ncn1.Cc1cc(Nc2cc(Cl)c3n(c2=O)C2(CCCCC2)NC3=O)ncn1.Cc1cc(Nc2cc(Cl)c3n(c2=O)C2(CCCCC2)NC3=O)ncn1.O=C1NC2(CCCCC2)n2c1c(Cl)cc(Br)c2=O. The van der Waals surface area contributed by atoms with Crippen molar-refractivity contribution in [2.75, 3.05) is 16.4 Å². The Hall–Kier alpha value is -6.75. The van der Waals surface area contributed by atoms with Crippen LogP contribution >= 0.6 is 50.7 Å². The molecule has 0 unspecified atom stereocenters. The fraction of sp³-hybridized carbons (Fsp3) is 0.412. The fourth-order valence-electron chi connectivity index (χ4n) is 11.0. The molecule has 3 amide bonds. The first-order valence-electron chi connectivity index (χ1n) is 25.0. The Labute approximate surface area is 459 Å². The average Bonchev–Trinajstić information content (AvgIpc) is 3.95. The molecular weight excluding hydrogens is 1100 g/mol. The first kappa shape index (κ1) is 54.1. The second-order valence-electron chi connectivity index (χ2n) is 19.7. The van der Waals surface area contributed by atoms with Gasteiger partial charge in [0, 0.05) is 35.3 Å². The van der Waals surface area contributed by atoms with Gasteiger partial charge in [-0.1, -0.05) is 54.1 Å². The number of nitrogen functional groups attached to an aromatic ring is 1. The number of halogens is 4. The summed E-state index contributed by atoms with van der Waals surface area (Å²) < 4.78 is 5.05. The van der Waals surface area contributed by atoms with Gasteiger partial charge < -0.3 is 32.3 Å². The molecule has 3 aliphatic carbocycles. The standard InChI is InChI=1S/2C17H18ClN5O2.C12H12BrClN2O2.C5H7N3/c2*1-10-7-13(20-9-19-10)21-12-8-11(18)14-15(24)22-17(23(14)16(12)25)5-3-2-4-6-17;13-7-6-8(14)9-10(17)15-12(16(9)11(7)18)4-2-1-3-5-12;1-4-2-5(6)8-3-7-4/h2*7-9H,2-6H2,1H3,(H,22,24)(H,19,20,21);6H,1-5H2,(H,15,17);2-3H,1H3,(H2,6,7,8). The molecule has 25 heteroatoms. The summed E-state index contributed by atoms with van der Waals surface area (Å²) in [6.07, 6.45) is 18.1. The number of nitrogens with two attached hydrogens (primary N) is 1. The molecule has 0 radical (unpaired) electrons. The topological polar surface area (TPSA) is 281 Å². The summed E-state index contributed by atoms with van der Waals surface area (Å²) in [6, 6.07) is 9.69. The maximum absolute atomic E-state index is 13.1. The van der Waals surface area contributed by atoms with Crippen molar-refractivity contribution in [1.29, 1.82) is 0 Å². The Bertz CT molecular complexity index is 3290. The zero-order valence-corrected chi connectivity index (χ0v) is 45.7. The van der Waals surface area contributed by atoms with Gasteiger partial charge in [0.15, 0.2) is 0 Å². The molecule has 7 N–H and O–H groups in total. The molecule has 0 aromatic carbocycles. The third kappa shape index (κ3) is 10.7. The van der Waals surface area contributed by atoms with Crippen molar-refractivity contribution in [2.24, 2.45) is 0 Å². The molecule has 6 aromatic heterocycles. The van der Waals surface area contributed by atoms with E-state index in [1.54, 1.807) is 31.9 Å². The van der Waals surface area contributed by atoms with Crippen LogP contribution in [0.3, 0.4) is 0 Å². The zero-order chi connectivity index (χ0) is 54.1. The number of fused-ring (bicyclic) bond motifs is 6. The van der Waals surface area contributed by atoms with E-state index in [1.165, 1.54) is 37.2 Å². The number of amides is 3. The monoisotopic (exact) mass is 1160 g/mol. The van der Waals surface area contributed by atoms with Crippen LogP contribution in [-0.4, -0.2) is 61.3 Å². The summed E-state index contributed by atoms with van der Waals surface area (Å²) >= 11 is 22.0. The van der Waals surface area contributed by atoms with Gasteiger partial charge in [-0.15, -0.1) is 0 Å². The van der Waals surface area contributed by atoms with Crippen LogP contribution in [0, 0.1) is 20.8 Å². The van der Waals surface area contributed by atoms with Crippen LogP contribution in [0.1, 0.15) is 145 Å². The molecule has 0 saturated heterocycles. The number of aryl methyl sites for hydroxylation is 3. The van der Waals surface area contributed by atoms with Gasteiger partial charge in [0.1, 0.15) is 81.9 Å². The Balaban J connectivity index is 0.000000131. The van der Waals surface area contributed by atoms with Gasteiger partial charge in [0.05, 0.1) is 19.5 Å². The highest BCUT2D eigenvalue weighted by Gasteiger charge is 2.48. The van der Waals surface area contributed by atoms with Crippen molar-refractivity contribution in [1.82, 2.24) is 59.6 Å². The minimum Gasteiger partial charge on any atom is -0.384 e. The molecule has 6 aliphatic rings. The summed E-state index contributed by atoms with van der Waals surface area (Å²) in [5.41, 5.74) is 6.56. The van der Waals surface area contributed by atoms with E-state index in [-0.39, 0.29) is 55.8 Å². The predicted octanol–water partition coefficient (Wildman–Crippen LogP) is 8.40. The molecule has 3 spiro atoms. The molecule has 3 saturated carbocycles. The van der Waals surface area contributed by atoms with Crippen LogP contribution in [0.2, 0.25) is 15.1 Å². The van der Waals surface area contributed by atoms with Gasteiger partial charge in [-0.2, -0.15) is 0 Å². The van der Waals surface area contributed by atoms with E-state index >= 15 is 0 Å². The number of hydrogen-bond donors (Lipinski definition) is 6. The molecule has 21 nitrogen and oxygen atoms in total. The van der Waals surface area contributed by atoms with Crippen molar-refractivity contribution in [3.05, 3.63) is 140 Å². The van der Waals surface area contributed by atoms with Crippen molar-refractivity contribution in [3.8, 4) is 0 Å². The number of hydrogen-bond acceptors (Lipinski definition) is 15. The average molecular weight is 1160 g/mol. The summed E-state index contributed by atoms with van der Waals surface area (Å²) in [5.74, 6) is 0.734. The number of rotatable bonds is 4. The number of pyridine rings is 3. The Morgan fingerprint density at radius 2 is 0.803 bits per heavy atom. The second-order valence-corrected chi connectivity index (χ2v) is 21.8. The molecule has 0 bridgehead atoms. The fourth-order valence-corrected chi connectivity index (χ4v) is 12.4. The molecule has 6 aromatic rings. The van der Waals surface area contributed by atoms with Gasteiger partial charge in [-0.25, -0.2) is 29.9 Å². The maximum atomic E-state index is 13.1. The minimum absolute atomic E-state index is 0.186. The van der Waals surface area contributed by atoms with Crippen LogP contribution in [0.5, 0.6) is 0 Å². The van der Waals surface area contributed by atoms with E-state index < -0.39 is 17.0 Å². The zero-order valence-electron chi connectivity index (χ0n) is 41.9. The quantitative estimate of drug-likeness (QED) is 0.0966.